The third-order valence-electron chi connectivity index (χ3n) is 1.71. The van der Waals surface area contributed by atoms with E-state index in [-0.39, 0.29) is 5.56 Å². The van der Waals surface area contributed by atoms with Gasteiger partial charge in [0.2, 0.25) is 0 Å². The number of alkyl halides is 2. The third-order valence-corrected chi connectivity index (χ3v) is 2.58. The van der Waals surface area contributed by atoms with E-state index in [2.05, 4.69) is 4.98 Å². The van der Waals surface area contributed by atoms with E-state index in [1.54, 1.807) is 17.1 Å². The van der Waals surface area contributed by atoms with Crippen LogP contribution in [0.5, 0.6) is 0 Å². The highest BCUT2D eigenvalue weighted by molar-refractivity contribution is 7.16. The molecule has 0 amide bonds. The molecule has 2 heterocycles. The van der Waals surface area contributed by atoms with Gasteiger partial charge in [-0.2, -0.15) is 0 Å². The third kappa shape index (κ3) is 0.929. The molecule has 0 aliphatic heterocycles. The highest BCUT2D eigenvalue weighted by Gasteiger charge is 2.16. The lowest BCUT2D eigenvalue weighted by molar-refractivity contribution is 0.153. The van der Waals surface area contributed by atoms with Crippen LogP contribution in [0.15, 0.2) is 11.7 Å². The number of rotatable bonds is 1. The average molecular weight is 188 g/mol. The van der Waals surface area contributed by atoms with Gasteiger partial charge in [-0.15, -0.1) is 11.3 Å². The molecule has 0 aromatic carbocycles. The monoisotopic (exact) mass is 188 g/mol. The molecule has 12 heavy (non-hydrogen) atoms. The number of halogens is 2. The highest BCUT2D eigenvalue weighted by Crippen LogP contribution is 2.30. The van der Waals surface area contributed by atoms with Crippen LogP contribution < -0.4 is 0 Å². The van der Waals surface area contributed by atoms with Crippen LogP contribution in [-0.4, -0.2) is 9.55 Å². The van der Waals surface area contributed by atoms with Crippen molar-refractivity contribution in [3.63, 3.8) is 0 Å². The Morgan fingerprint density at radius 1 is 1.58 bits per heavy atom. The van der Waals surface area contributed by atoms with Crippen LogP contribution >= 0.6 is 11.3 Å². The van der Waals surface area contributed by atoms with Crippen LogP contribution in [0.4, 0.5) is 8.78 Å². The Morgan fingerprint density at radius 3 is 3.00 bits per heavy atom. The summed E-state index contributed by atoms with van der Waals surface area (Å²) < 4.78 is 26.9. The molecule has 0 saturated carbocycles. The second kappa shape index (κ2) is 2.52. The Morgan fingerprint density at radius 2 is 2.33 bits per heavy atom. The second-order valence-electron chi connectivity index (χ2n) is 2.50. The Bertz CT molecular complexity index is 404. The quantitative estimate of drug-likeness (QED) is 0.672. The predicted octanol–water partition coefficient (Wildman–Crippen LogP) is 2.57. The molecule has 0 radical (unpaired) electrons. The van der Waals surface area contributed by atoms with Crippen LogP contribution in [0.1, 0.15) is 12.0 Å². The Kier molecular flexibility index (Phi) is 1.61. The number of hydrogen-bond donors (Lipinski definition) is 0. The summed E-state index contributed by atoms with van der Waals surface area (Å²) in [7, 11) is 1.72. The van der Waals surface area contributed by atoms with Gasteiger partial charge in [0.05, 0.1) is 15.8 Å². The van der Waals surface area contributed by atoms with E-state index in [0.717, 1.165) is 0 Å². The molecule has 2 aromatic heterocycles. The summed E-state index contributed by atoms with van der Waals surface area (Å²) in [6.07, 6.45) is -0.979. The number of aromatic nitrogens is 2. The fourth-order valence-electron chi connectivity index (χ4n) is 1.17. The van der Waals surface area contributed by atoms with Crippen molar-refractivity contribution in [2.24, 2.45) is 7.05 Å². The fraction of sp³-hybridized carbons (Fsp3) is 0.286. The Hall–Kier alpha value is -0.970. The van der Waals surface area contributed by atoms with Crippen molar-refractivity contribution in [1.29, 1.82) is 0 Å². The first-order valence-corrected chi connectivity index (χ1v) is 4.24. The first kappa shape index (κ1) is 7.67. The van der Waals surface area contributed by atoms with Crippen LogP contribution in [-0.2, 0) is 7.05 Å². The van der Waals surface area contributed by atoms with Gasteiger partial charge in [-0.1, -0.05) is 0 Å². The SMILES string of the molecule is Cn1cc(C(F)F)c2scnc21. The van der Waals surface area contributed by atoms with Crippen molar-refractivity contribution in [1.82, 2.24) is 9.55 Å². The van der Waals surface area contributed by atoms with E-state index in [0.29, 0.717) is 10.3 Å². The molecular formula is C7H6F2N2S. The van der Waals surface area contributed by atoms with Crippen molar-refractivity contribution >= 4 is 21.7 Å². The summed E-state index contributed by atoms with van der Waals surface area (Å²) in [6.45, 7) is 0. The molecule has 2 rings (SSSR count). The topological polar surface area (TPSA) is 17.8 Å². The number of hydrogen-bond acceptors (Lipinski definition) is 2. The Labute approximate surface area is 71.5 Å². The lowest BCUT2D eigenvalue weighted by Crippen LogP contribution is -1.84. The molecule has 0 fully saturated rings. The molecular weight excluding hydrogens is 182 g/mol. The van der Waals surface area contributed by atoms with E-state index in [4.69, 9.17) is 0 Å². The molecule has 5 heteroatoms. The summed E-state index contributed by atoms with van der Waals surface area (Å²) in [5.41, 5.74) is 2.29. The minimum atomic E-state index is -2.41. The number of nitrogens with zero attached hydrogens (tertiary/aromatic N) is 2. The standard InChI is InChI=1S/C7H6F2N2S/c1-11-2-4(6(8)9)5-7(11)10-3-12-5/h2-3,6H,1H3. The zero-order chi connectivity index (χ0) is 8.72. The van der Waals surface area contributed by atoms with E-state index in [1.165, 1.54) is 17.5 Å². The zero-order valence-electron chi connectivity index (χ0n) is 6.29. The van der Waals surface area contributed by atoms with Crippen molar-refractivity contribution < 1.29 is 8.78 Å². The van der Waals surface area contributed by atoms with E-state index < -0.39 is 6.43 Å². The minimum Gasteiger partial charge on any atom is -0.334 e. The smallest absolute Gasteiger partial charge is 0.266 e. The summed E-state index contributed by atoms with van der Waals surface area (Å²) in [6, 6.07) is 0. The van der Waals surface area contributed by atoms with Crippen molar-refractivity contribution in [3.8, 4) is 0 Å². The summed E-state index contributed by atoms with van der Waals surface area (Å²) in [5.74, 6) is 0. The molecule has 0 spiro atoms. The molecule has 0 saturated heterocycles. The van der Waals surface area contributed by atoms with Crippen LogP contribution in [0.2, 0.25) is 0 Å². The van der Waals surface area contributed by atoms with Gasteiger partial charge in [0, 0.05) is 13.2 Å². The first-order chi connectivity index (χ1) is 5.70. The zero-order valence-corrected chi connectivity index (χ0v) is 7.11. The molecule has 0 bridgehead atoms. The maximum Gasteiger partial charge on any atom is 0.266 e. The second-order valence-corrected chi connectivity index (χ2v) is 3.36. The van der Waals surface area contributed by atoms with E-state index >= 15 is 0 Å². The van der Waals surface area contributed by atoms with E-state index in [9.17, 15) is 8.78 Å². The van der Waals surface area contributed by atoms with Gasteiger partial charge in [-0.05, 0) is 0 Å². The molecule has 2 aromatic rings. The van der Waals surface area contributed by atoms with Gasteiger partial charge < -0.3 is 4.57 Å². The maximum atomic E-state index is 12.4. The molecule has 0 N–H and O–H groups in total. The normalized spacial score (nSPS) is 11.7. The molecule has 0 atom stereocenters. The molecule has 0 aliphatic rings. The summed E-state index contributed by atoms with van der Waals surface area (Å²) >= 11 is 1.25. The average Bonchev–Trinajstić information content (AvgIpc) is 2.53. The lowest BCUT2D eigenvalue weighted by atomic mass is 10.3. The van der Waals surface area contributed by atoms with Crippen molar-refractivity contribution in [2.75, 3.05) is 0 Å². The first-order valence-electron chi connectivity index (χ1n) is 3.36. The minimum absolute atomic E-state index is 0.0787. The summed E-state index contributed by atoms with van der Waals surface area (Å²) in [4.78, 5) is 3.97. The summed E-state index contributed by atoms with van der Waals surface area (Å²) in [5, 5.41) is 0. The number of thiazole rings is 1. The van der Waals surface area contributed by atoms with Gasteiger partial charge >= 0.3 is 0 Å². The van der Waals surface area contributed by atoms with Gasteiger partial charge in [-0.3, -0.25) is 0 Å². The molecule has 2 nitrogen and oxygen atoms in total. The maximum absolute atomic E-state index is 12.4. The predicted molar refractivity (Wildman–Crippen MR) is 43.5 cm³/mol. The van der Waals surface area contributed by atoms with Crippen molar-refractivity contribution in [2.45, 2.75) is 6.43 Å². The highest BCUT2D eigenvalue weighted by atomic mass is 32.1. The van der Waals surface area contributed by atoms with Gasteiger partial charge in [-0.25, -0.2) is 13.8 Å². The fourth-order valence-corrected chi connectivity index (χ4v) is 2.01. The largest absolute Gasteiger partial charge is 0.334 e. The Balaban J connectivity index is 2.75. The van der Waals surface area contributed by atoms with Gasteiger partial charge in [0.25, 0.3) is 6.43 Å². The van der Waals surface area contributed by atoms with Crippen LogP contribution in [0, 0.1) is 0 Å². The van der Waals surface area contributed by atoms with Crippen LogP contribution in [0.3, 0.4) is 0 Å². The number of fused-ring (bicyclic) bond motifs is 1. The van der Waals surface area contributed by atoms with Crippen LogP contribution in [0.25, 0.3) is 10.3 Å². The van der Waals surface area contributed by atoms with Gasteiger partial charge in [0.1, 0.15) is 0 Å². The molecule has 64 valence electrons. The lowest BCUT2D eigenvalue weighted by Gasteiger charge is -1.91. The van der Waals surface area contributed by atoms with Crippen molar-refractivity contribution in [3.05, 3.63) is 17.3 Å². The molecule has 0 unspecified atom stereocenters. The number of aryl methyl sites for hydroxylation is 1. The van der Waals surface area contributed by atoms with Gasteiger partial charge in [0.15, 0.2) is 5.65 Å². The molecule has 0 aliphatic carbocycles. The van der Waals surface area contributed by atoms with E-state index in [1.807, 2.05) is 0 Å².